The number of carbonyl (C=O) groups is 1. The van der Waals surface area contributed by atoms with Gasteiger partial charge in [-0.05, 0) is 36.6 Å². The van der Waals surface area contributed by atoms with E-state index in [0.29, 0.717) is 6.07 Å². The molecule has 0 bridgehead atoms. The van der Waals surface area contributed by atoms with Gasteiger partial charge in [0.15, 0.2) is 5.75 Å². The number of aromatic nitrogens is 1. The van der Waals surface area contributed by atoms with Crippen LogP contribution in [0.3, 0.4) is 0 Å². The highest BCUT2D eigenvalue weighted by molar-refractivity contribution is 5.92. The van der Waals surface area contributed by atoms with Gasteiger partial charge in [0.2, 0.25) is 0 Å². The van der Waals surface area contributed by atoms with Gasteiger partial charge in [-0.2, -0.15) is 13.2 Å². The molecule has 0 spiro atoms. The molecule has 1 aromatic carbocycles. The normalized spacial score (nSPS) is 11.2. The van der Waals surface area contributed by atoms with Crippen LogP contribution in [0.4, 0.5) is 13.2 Å². The van der Waals surface area contributed by atoms with E-state index < -0.39 is 17.8 Å². The molecule has 1 aromatic heterocycles. The molecule has 4 nitrogen and oxygen atoms in total. The molecule has 0 saturated heterocycles. The fraction of sp³-hybridized carbons (Fsp3) is 0.294. The van der Waals surface area contributed by atoms with Crippen molar-refractivity contribution in [3.63, 3.8) is 0 Å². The summed E-state index contributed by atoms with van der Waals surface area (Å²) in [4.78, 5) is 15.5. The van der Waals surface area contributed by atoms with Crippen LogP contribution < -0.4 is 4.74 Å². The number of methoxy groups -OCH3 is 1. The summed E-state index contributed by atoms with van der Waals surface area (Å²) in [7, 11) is 1.24. The van der Waals surface area contributed by atoms with E-state index in [2.05, 4.69) is 4.98 Å². The Balaban J connectivity index is 2.26. The van der Waals surface area contributed by atoms with Gasteiger partial charge in [-0.15, -0.1) is 0 Å². The summed E-state index contributed by atoms with van der Waals surface area (Å²) in [5.41, 5.74) is 1.18. The lowest BCUT2D eigenvalue weighted by Crippen LogP contribution is -2.13. The molecule has 0 saturated carbocycles. The minimum Gasteiger partial charge on any atom is -0.494 e. The minimum absolute atomic E-state index is 0.0375. The summed E-state index contributed by atoms with van der Waals surface area (Å²) in [6.45, 7) is 3.69. The zero-order valence-corrected chi connectivity index (χ0v) is 13.4. The average molecular weight is 339 g/mol. The predicted octanol–water partition coefficient (Wildman–Crippen LogP) is 4.08. The zero-order valence-electron chi connectivity index (χ0n) is 13.4. The smallest absolute Gasteiger partial charge is 0.433 e. The Kier molecular flexibility index (Phi) is 5.11. The lowest BCUT2D eigenvalue weighted by Gasteiger charge is -2.13. The summed E-state index contributed by atoms with van der Waals surface area (Å²) >= 11 is 0. The maximum Gasteiger partial charge on any atom is 0.433 e. The standard InChI is InChI=1S/C17H16F3NO3/c1-10-5-4-6-11(2)13(10)9-24-16(22)12-7-15(17(18,19)20)21-8-14(12)23-3/h4-8H,9H2,1-3H3. The van der Waals surface area contributed by atoms with E-state index in [1.54, 1.807) is 0 Å². The number of aryl methyl sites for hydroxylation is 2. The fourth-order valence-corrected chi connectivity index (χ4v) is 2.21. The number of rotatable bonds is 4. The SMILES string of the molecule is COc1cnc(C(F)(F)F)cc1C(=O)OCc1c(C)cccc1C. The van der Waals surface area contributed by atoms with Crippen molar-refractivity contribution in [2.75, 3.05) is 7.11 Å². The van der Waals surface area contributed by atoms with Crippen molar-refractivity contribution in [1.29, 1.82) is 0 Å². The topological polar surface area (TPSA) is 48.4 Å². The molecule has 0 unspecified atom stereocenters. The highest BCUT2D eigenvalue weighted by Crippen LogP contribution is 2.31. The zero-order chi connectivity index (χ0) is 17.9. The molecular formula is C17H16F3NO3. The van der Waals surface area contributed by atoms with Gasteiger partial charge in [-0.3, -0.25) is 0 Å². The first-order chi connectivity index (χ1) is 11.2. The molecule has 24 heavy (non-hydrogen) atoms. The second kappa shape index (κ2) is 6.90. The Labute approximate surface area is 137 Å². The van der Waals surface area contributed by atoms with Crippen LogP contribution in [-0.4, -0.2) is 18.1 Å². The molecule has 0 aliphatic heterocycles. The number of esters is 1. The van der Waals surface area contributed by atoms with Gasteiger partial charge in [-0.1, -0.05) is 18.2 Å². The Bertz CT molecular complexity index is 737. The molecule has 0 N–H and O–H groups in total. The van der Waals surface area contributed by atoms with Crippen LogP contribution >= 0.6 is 0 Å². The molecule has 0 amide bonds. The van der Waals surface area contributed by atoms with Gasteiger partial charge in [0.25, 0.3) is 0 Å². The predicted molar refractivity (Wildman–Crippen MR) is 80.8 cm³/mol. The van der Waals surface area contributed by atoms with Crippen molar-refractivity contribution in [3.05, 3.63) is 58.4 Å². The van der Waals surface area contributed by atoms with E-state index in [4.69, 9.17) is 9.47 Å². The molecule has 2 aromatic rings. The molecule has 2 rings (SSSR count). The lowest BCUT2D eigenvalue weighted by atomic mass is 10.0. The third-order valence-corrected chi connectivity index (χ3v) is 3.59. The first-order valence-electron chi connectivity index (χ1n) is 7.07. The van der Waals surface area contributed by atoms with Crippen LogP contribution in [-0.2, 0) is 17.5 Å². The van der Waals surface area contributed by atoms with E-state index in [1.165, 1.54) is 7.11 Å². The third-order valence-electron chi connectivity index (χ3n) is 3.59. The third kappa shape index (κ3) is 3.84. The van der Waals surface area contributed by atoms with E-state index >= 15 is 0 Å². The van der Waals surface area contributed by atoms with Crippen LogP contribution in [0.1, 0.15) is 32.7 Å². The van der Waals surface area contributed by atoms with Gasteiger partial charge in [0.1, 0.15) is 17.9 Å². The highest BCUT2D eigenvalue weighted by Gasteiger charge is 2.34. The molecule has 1 heterocycles. The van der Waals surface area contributed by atoms with E-state index in [9.17, 15) is 18.0 Å². The van der Waals surface area contributed by atoms with E-state index in [0.717, 1.165) is 22.9 Å². The lowest BCUT2D eigenvalue weighted by molar-refractivity contribution is -0.141. The summed E-state index contributed by atoms with van der Waals surface area (Å²) in [6, 6.07) is 6.24. The summed E-state index contributed by atoms with van der Waals surface area (Å²) in [6.07, 6.45) is -3.80. The highest BCUT2D eigenvalue weighted by atomic mass is 19.4. The van der Waals surface area contributed by atoms with Gasteiger partial charge in [0.05, 0.1) is 13.3 Å². The second-order valence-electron chi connectivity index (χ2n) is 5.21. The first kappa shape index (κ1) is 17.8. The number of alkyl halides is 3. The minimum atomic E-state index is -4.66. The number of hydrogen-bond acceptors (Lipinski definition) is 4. The number of benzene rings is 1. The number of pyridine rings is 1. The van der Waals surface area contributed by atoms with Crippen LogP contribution in [0.2, 0.25) is 0 Å². The average Bonchev–Trinajstić information content (AvgIpc) is 2.52. The van der Waals surface area contributed by atoms with E-state index in [-0.39, 0.29) is 17.9 Å². The molecule has 0 radical (unpaired) electrons. The molecule has 7 heteroatoms. The van der Waals surface area contributed by atoms with Crippen LogP contribution in [0.15, 0.2) is 30.5 Å². The number of carbonyl (C=O) groups excluding carboxylic acids is 1. The molecule has 0 atom stereocenters. The van der Waals surface area contributed by atoms with Crippen molar-refractivity contribution in [2.45, 2.75) is 26.6 Å². The fourth-order valence-electron chi connectivity index (χ4n) is 2.21. The quantitative estimate of drug-likeness (QED) is 0.788. The van der Waals surface area contributed by atoms with Crippen molar-refractivity contribution in [1.82, 2.24) is 4.98 Å². The molecule has 0 aliphatic carbocycles. The maximum absolute atomic E-state index is 12.8. The second-order valence-corrected chi connectivity index (χ2v) is 5.21. The van der Waals surface area contributed by atoms with Gasteiger partial charge in [-0.25, -0.2) is 9.78 Å². The summed E-state index contributed by atoms with van der Waals surface area (Å²) in [5, 5.41) is 0. The number of hydrogen-bond donors (Lipinski definition) is 0. The largest absolute Gasteiger partial charge is 0.494 e. The van der Waals surface area contributed by atoms with Gasteiger partial charge in [0, 0.05) is 0 Å². The van der Waals surface area contributed by atoms with Gasteiger partial charge < -0.3 is 9.47 Å². The molecular weight excluding hydrogens is 323 g/mol. The van der Waals surface area contributed by atoms with Crippen LogP contribution in [0, 0.1) is 13.8 Å². The number of halogens is 3. The number of nitrogens with zero attached hydrogens (tertiary/aromatic N) is 1. The Morgan fingerprint density at radius 2 is 1.83 bits per heavy atom. The van der Waals surface area contributed by atoms with Crippen molar-refractivity contribution >= 4 is 5.97 Å². The summed E-state index contributed by atoms with van der Waals surface area (Å²) in [5.74, 6) is -0.975. The summed E-state index contributed by atoms with van der Waals surface area (Å²) < 4.78 is 48.4. The first-order valence-corrected chi connectivity index (χ1v) is 7.07. The van der Waals surface area contributed by atoms with Crippen LogP contribution in [0.25, 0.3) is 0 Å². The Hall–Kier alpha value is -2.57. The molecule has 128 valence electrons. The van der Waals surface area contributed by atoms with Crippen molar-refractivity contribution in [3.8, 4) is 5.75 Å². The van der Waals surface area contributed by atoms with Crippen LogP contribution in [0.5, 0.6) is 5.75 Å². The number of ether oxygens (including phenoxy) is 2. The van der Waals surface area contributed by atoms with Gasteiger partial charge >= 0.3 is 12.1 Å². The monoisotopic (exact) mass is 339 g/mol. The Morgan fingerprint density at radius 3 is 2.38 bits per heavy atom. The van der Waals surface area contributed by atoms with Crippen molar-refractivity contribution in [2.24, 2.45) is 0 Å². The van der Waals surface area contributed by atoms with Crippen molar-refractivity contribution < 1.29 is 27.4 Å². The molecule has 0 aliphatic rings. The Morgan fingerprint density at radius 1 is 1.21 bits per heavy atom. The van der Waals surface area contributed by atoms with E-state index in [1.807, 2.05) is 32.0 Å². The maximum atomic E-state index is 12.8. The molecule has 0 fully saturated rings.